The Balaban J connectivity index is 1.18. The smallest absolute Gasteiger partial charge is 0.319 e. The van der Waals surface area contributed by atoms with E-state index in [9.17, 15) is 4.79 Å². The number of ether oxygens (including phenoxy) is 4. The Kier molecular flexibility index (Phi) is 6.98. The zero-order valence-corrected chi connectivity index (χ0v) is 21.1. The van der Waals surface area contributed by atoms with E-state index < -0.39 is 24.0 Å². The molecule has 0 radical (unpaired) electrons. The van der Waals surface area contributed by atoms with Gasteiger partial charge in [0.1, 0.15) is 5.75 Å². The van der Waals surface area contributed by atoms with Gasteiger partial charge in [-0.05, 0) is 57.1 Å². The first-order valence-electron chi connectivity index (χ1n) is 12.9. The third-order valence-corrected chi connectivity index (χ3v) is 8.20. The maximum absolute atomic E-state index is 12.4. The molecule has 2 bridgehead atoms. The summed E-state index contributed by atoms with van der Waals surface area (Å²) in [4.78, 5) is 24.4. The monoisotopic (exact) mass is 490 g/mol. The van der Waals surface area contributed by atoms with Crippen molar-refractivity contribution in [2.45, 2.75) is 77.3 Å². The maximum Gasteiger partial charge on any atom is 0.319 e. The Morgan fingerprint density at radius 3 is 2.80 bits per heavy atom. The Hall–Kier alpha value is -1.91. The van der Waals surface area contributed by atoms with Gasteiger partial charge in [0.2, 0.25) is 5.79 Å². The van der Waals surface area contributed by atoms with Crippen LogP contribution in [0.4, 0.5) is 10.5 Å². The number of rotatable bonds is 7. The number of anilines is 1. The van der Waals surface area contributed by atoms with Gasteiger partial charge in [-0.3, -0.25) is 0 Å². The van der Waals surface area contributed by atoms with Crippen LogP contribution in [0.2, 0.25) is 0 Å². The van der Waals surface area contributed by atoms with Crippen molar-refractivity contribution in [3.05, 3.63) is 24.3 Å². The predicted octanol–water partition coefficient (Wildman–Crippen LogP) is 4.43. The number of carbonyl (C=O) groups excluding carboxylic acids is 1. The van der Waals surface area contributed by atoms with E-state index in [1.807, 2.05) is 32.0 Å². The van der Waals surface area contributed by atoms with Crippen molar-refractivity contribution in [2.75, 3.05) is 25.1 Å². The number of carbonyl (C=O) groups is 1. The van der Waals surface area contributed by atoms with E-state index in [2.05, 4.69) is 24.5 Å². The highest BCUT2D eigenvalue weighted by molar-refractivity contribution is 5.90. The molecule has 8 atom stereocenters. The summed E-state index contributed by atoms with van der Waals surface area (Å²) in [6, 6.07) is 7.03. The van der Waals surface area contributed by atoms with Crippen molar-refractivity contribution in [1.29, 1.82) is 0 Å². The Morgan fingerprint density at radius 2 is 1.97 bits per heavy atom. The molecule has 4 heterocycles. The number of nitrogens with one attached hydrogen (secondary N) is 2. The zero-order chi connectivity index (χ0) is 24.6. The quantitative estimate of drug-likeness (QED) is 0.431. The molecule has 4 aliphatic heterocycles. The van der Waals surface area contributed by atoms with Gasteiger partial charge in [0, 0.05) is 24.8 Å². The lowest BCUT2D eigenvalue weighted by molar-refractivity contribution is -0.577. The van der Waals surface area contributed by atoms with Crippen LogP contribution in [0.1, 0.15) is 53.4 Å². The molecule has 1 spiro atoms. The van der Waals surface area contributed by atoms with E-state index in [-0.39, 0.29) is 17.9 Å². The number of amides is 2. The van der Waals surface area contributed by atoms with E-state index in [1.54, 1.807) is 6.07 Å². The Morgan fingerprint density at radius 1 is 1.14 bits per heavy atom. The first kappa shape index (κ1) is 24.8. The van der Waals surface area contributed by atoms with E-state index in [0.717, 1.165) is 25.7 Å². The highest BCUT2D eigenvalue weighted by Gasteiger charge is 2.69. The van der Waals surface area contributed by atoms with Gasteiger partial charge >= 0.3 is 6.03 Å². The van der Waals surface area contributed by atoms with Crippen molar-refractivity contribution >= 4 is 11.7 Å². The number of hydrogen-bond acceptors (Lipinski definition) is 7. The number of fused-ring (bicyclic) bond motifs is 2. The lowest BCUT2D eigenvalue weighted by Crippen LogP contribution is -2.70. The highest BCUT2D eigenvalue weighted by atomic mass is 17.3. The molecule has 194 valence electrons. The SMILES string of the molecule is CCOc1ccccc1NC(=O)NCCO[C@@H]1O[C@@H]2O[C@]3(C)CC[C@H]4[C@H](C)CC[C@@H]([C@H]1C)[C@@]24OO3. The molecule has 6 rings (SSSR count). The summed E-state index contributed by atoms with van der Waals surface area (Å²) in [5, 5.41) is 5.67. The number of hydrogen-bond donors (Lipinski definition) is 2. The molecule has 5 fully saturated rings. The third kappa shape index (κ3) is 4.53. The summed E-state index contributed by atoms with van der Waals surface area (Å²) < 4.78 is 24.5. The molecule has 35 heavy (non-hydrogen) atoms. The Labute approximate surface area is 207 Å². The highest BCUT2D eigenvalue weighted by Crippen LogP contribution is 2.60. The van der Waals surface area contributed by atoms with Crippen LogP contribution < -0.4 is 15.4 Å². The molecule has 9 nitrogen and oxygen atoms in total. The summed E-state index contributed by atoms with van der Waals surface area (Å²) in [6.07, 6.45) is 2.96. The summed E-state index contributed by atoms with van der Waals surface area (Å²) in [5.74, 6) is 0.982. The van der Waals surface area contributed by atoms with Gasteiger partial charge in [-0.15, -0.1) is 0 Å². The number of para-hydroxylation sites is 2. The van der Waals surface area contributed by atoms with Crippen LogP contribution in [0.5, 0.6) is 5.75 Å². The molecule has 5 aliphatic rings. The number of benzene rings is 1. The molecule has 1 aromatic rings. The van der Waals surface area contributed by atoms with Crippen molar-refractivity contribution < 1.29 is 33.5 Å². The van der Waals surface area contributed by atoms with Crippen molar-refractivity contribution in [2.24, 2.45) is 23.7 Å². The minimum atomic E-state index is -0.805. The Bertz CT molecular complexity index is 915. The topological polar surface area (TPSA) is 96.5 Å². The van der Waals surface area contributed by atoms with Crippen LogP contribution in [-0.2, 0) is 24.0 Å². The fraction of sp³-hybridized carbons (Fsp3) is 0.731. The van der Waals surface area contributed by atoms with Gasteiger partial charge < -0.3 is 29.6 Å². The maximum atomic E-state index is 12.4. The first-order valence-corrected chi connectivity index (χ1v) is 12.9. The summed E-state index contributed by atoms with van der Waals surface area (Å²) in [5.41, 5.74) is 0.0265. The van der Waals surface area contributed by atoms with Gasteiger partial charge in [0.25, 0.3) is 0 Å². The lowest BCUT2D eigenvalue weighted by Gasteiger charge is -2.60. The standard InChI is InChI=1S/C26H38N2O7/c1-5-30-21-9-7-6-8-20(21)28-24(29)27-14-15-31-22-17(3)19-11-10-16(2)18-12-13-25(4)33-23(32-22)26(18,19)35-34-25/h6-9,16-19,22-23H,5,10-15H2,1-4H3,(H2,27,28,29)/t16-,17-,18+,19+,22-,23-,25+,26-/m1/s1. The van der Waals surface area contributed by atoms with Gasteiger partial charge in [-0.25, -0.2) is 14.6 Å². The molecule has 2 amide bonds. The van der Waals surface area contributed by atoms with Crippen LogP contribution >= 0.6 is 0 Å². The van der Waals surface area contributed by atoms with E-state index >= 15 is 0 Å². The lowest BCUT2D eigenvalue weighted by atomic mass is 9.58. The average molecular weight is 491 g/mol. The second-order valence-electron chi connectivity index (χ2n) is 10.5. The summed E-state index contributed by atoms with van der Waals surface area (Å²) in [7, 11) is 0. The van der Waals surface area contributed by atoms with Gasteiger partial charge in [-0.2, -0.15) is 0 Å². The normalized spacial score (nSPS) is 39.9. The molecule has 1 saturated carbocycles. The van der Waals surface area contributed by atoms with E-state index in [4.69, 9.17) is 28.7 Å². The molecule has 4 saturated heterocycles. The van der Waals surface area contributed by atoms with Gasteiger partial charge in [-0.1, -0.05) is 26.0 Å². The second kappa shape index (κ2) is 9.86. The van der Waals surface area contributed by atoms with Crippen molar-refractivity contribution in [3.8, 4) is 5.75 Å². The summed E-state index contributed by atoms with van der Waals surface area (Å²) in [6.45, 7) is 9.46. The fourth-order valence-electron chi connectivity index (χ4n) is 6.42. The third-order valence-electron chi connectivity index (χ3n) is 8.20. The average Bonchev–Trinajstić information content (AvgIpc) is 3.07. The van der Waals surface area contributed by atoms with Gasteiger partial charge in [0.05, 0.1) is 18.9 Å². The van der Waals surface area contributed by atoms with Crippen LogP contribution in [0.3, 0.4) is 0 Å². The van der Waals surface area contributed by atoms with Crippen molar-refractivity contribution in [1.82, 2.24) is 5.32 Å². The predicted molar refractivity (Wildman–Crippen MR) is 127 cm³/mol. The zero-order valence-electron chi connectivity index (χ0n) is 21.1. The summed E-state index contributed by atoms with van der Waals surface area (Å²) >= 11 is 0. The van der Waals surface area contributed by atoms with Crippen LogP contribution in [0.15, 0.2) is 24.3 Å². The van der Waals surface area contributed by atoms with Crippen LogP contribution in [-0.4, -0.2) is 49.8 Å². The molecule has 2 N–H and O–H groups in total. The van der Waals surface area contributed by atoms with E-state index in [0.29, 0.717) is 43.0 Å². The second-order valence-corrected chi connectivity index (χ2v) is 10.5. The van der Waals surface area contributed by atoms with Crippen LogP contribution in [0.25, 0.3) is 0 Å². The molecular weight excluding hydrogens is 452 g/mol. The molecule has 0 aromatic heterocycles. The van der Waals surface area contributed by atoms with Crippen LogP contribution in [0, 0.1) is 23.7 Å². The first-order chi connectivity index (χ1) is 16.9. The number of urea groups is 1. The molecular formula is C26H38N2O7. The van der Waals surface area contributed by atoms with Gasteiger partial charge in [0.15, 0.2) is 18.2 Å². The fourth-order valence-corrected chi connectivity index (χ4v) is 6.42. The minimum absolute atomic E-state index is 0.0998. The van der Waals surface area contributed by atoms with E-state index in [1.165, 1.54) is 0 Å². The van der Waals surface area contributed by atoms with Crippen molar-refractivity contribution in [3.63, 3.8) is 0 Å². The minimum Gasteiger partial charge on any atom is -0.492 e. The molecule has 1 aliphatic carbocycles. The largest absolute Gasteiger partial charge is 0.492 e. The molecule has 9 heteroatoms. The molecule has 1 aromatic carbocycles. The molecule has 0 unspecified atom stereocenters.